The summed E-state index contributed by atoms with van der Waals surface area (Å²) in [7, 11) is -4.22. The van der Waals surface area contributed by atoms with Crippen molar-refractivity contribution >= 4 is 50.7 Å². The van der Waals surface area contributed by atoms with Crippen molar-refractivity contribution in [1.29, 1.82) is 0 Å². The minimum Gasteiger partial charge on any atom is -0.350 e. The number of aryl methyl sites for hydroxylation is 3. The van der Waals surface area contributed by atoms with Crippen LogP contribution in [0.2, 0.25) is 10.0 Å². The molecule has 0 radical (unpaired) electrons. The van der Waals surface area contributed by atoms with Gasteiger partial charge in [-0.3, -0.25) is 13.9 Å². The van der Waals surface area contributed by atoms with E-state index in [1.165, 1.54) is 17.0 Å². The van der Waals surface area contributed by atoms with Crippen LogP contribution < -0.4 is 9.62 Å². The second-order valence-corrected chi connectivity index (χ2v) is 15.4. The van der Waals surface area contributed by atoms with Crippen LogP contribution in [0.1, 0.15) is 48.6 Å². The highest BCUT2D eigenvalue weighted by atomic mass is 35.5. The number of benzene rings is 4. The van der Waals surface area contributed by atoms with E-state index in [0.29, 0.717) is 21.3 Å². The number of nitrogens with zero attached hydrogens (tertiary/aromatic N) is 2. The van der Waals surface area contributed by atoms with Crippen LogP contribution in [0.3, 0.4) is 0 Å². The van der Waals surface area contributed by atoms with E-state index in [0.717, 1.165) is 26.6 Å². The molecule has 0 aliphatic rings. The molecule has 2 amide bonds. The molecule has 248 valence electrons. The third kappa shape index (κ3) is 9.15. The van der Waals surface area contributed by atoms with Gasteiger partial charge in [0, 0.05) is 34.1 Å². The number of hydrogen-bond acceptors (Lipinski definition) is 4. The first-order valence-electron chi connectivity index (χ1n) is 15.3. The number of anilines is 1. The van der Waals surface area contributed by atoms with Crippen LogP contribution in [0.25, 0.3) is 0 Å². The Bertz CT molecular complexity index is 1820. The summed E-state index contributed by atoms with van der Waals surface area (Å²) in [6.07, 6.45) is 0.172. The molecule has 0 saturated carbocycles. The maximum atomic E-state index is 14.7. The third-order valence-electron chi connectivity index (χ3n) is 7.83. The van der Waals surface area contributed by atoms with Gasteiger partial charge in [-0.1, -0.05) is 83.4 Å². The van der Waals surface area contributed by atoms with E-state index in [2.05, 4.69) is 5.32 Å². The minimum atomic E-state index is -4.22. The topological polar surface area (TPSA) is 86.8 Å². The van der Waals surface area contributed by atoms with Gasteiger partial charge in [-0.2, -0.15) is 0 Å². The average Bonchev–Trinajstić information content (AvgIpc) is 3.00. The highest BCUT2D eigenvalue weighted by Crippen LogP contribution is 2.30. The van der Waals surface area contributed by atoms with Crippen molar-refractivity contribution in [2.45, 2.75) is 71.0 Å². The molecule has 0 aliphatic heterocycles. The number of carbonyl (C=O) groups is 2. The van der Waals surface area contributed by atoms with Gasteiger partial charge >= 0.3 is 0 Å². The van der Waals surface area contributed by atoms with Crippen LogP contribution in [-0.2, 0) is 32.6 Å². The number of sulfonamides is 1. The number of amides is 2. The maximum Gasteiger partial charge on any atom is 0.264 e. The number of carbonyl (C=O) groups excluding carboxylic acids is 2. The molecule has 0 heterocycles. The van der Waals surface area contributed by atoms with Gasteiger partial charge in [-0.25, -0.2) is 8.42 Å². The van der Waals surface area contributed by atoms with Crippen LogP contribution in [0.5, 0.6) is 0 Å². The molecule has 1 N–H and O–H groups in total. The number of hydrogen-bond donors (Lipinski definition) is 1. The molecule has 0 spiro atoms. The van der Waals surface area contributed by atoms with E-state index in [9.17, 15) is 18.0 Å². The maximum absolute atomic E-state index is 14.7. The lowest BCUT2D eigenvalue weighted by Crippen LogP contribution is -2.56. The van der Waals surface area contributed by atoms with E-state index in [1.54, 1.807) is 42.5 Å². The van der Waals surface area contributed by atoms with Crippen molar-refractivity contribution < 1.29 is 18.0 Å². The summed E-state index contributed by atoms with van der Waals surface area (Å²) in [6.45, 7) is 10.6. The Kier molecular flexibility index (Phi) is 11.4. The molecule has 1 atom stereocenters. The lowest BCUT2D eigenvalue weighted by atomic mass is 10.0. The van der Waals surface area contributed by atoms with Gasteiger partial charge in [-0.05, 0) is 94.6 Å². The lowest BCUT2D eigenvalue weighted by molar-refractivity contribution is -0.140. The summed E-state index contributed by atoms with van der Waals surface area (Å²) in [4.78, 5) is 30.2. The minimum absolute atomic E-state index is 0.0427. The summed E-state index contributed by atoms with van der Waals surface area (Å²) in [5.74, 6) is -0.989. The van der Waals surface area contributed by atoms with Crippen molar-refractivity contribution in [3.05, 3.63) is 129 Å². The predicted molar refractivity (Wildman–Crippen MR) is 190 cm³/mol. The standard InChI is InChI=1S/C37H41Cl2N3O4S/c1-25-15-19-30(20-16-25)47(45,46)42(29-18-17-26(2)27(3)21-29)24-35(43)41(23-31-32(38)13-10-14-33(31)39)34(36(44)40-37(4,5)6)22-28-11-8-7-9-12-28/h7-21,34H,22-24H2,1-6H3,(H,40,44)/t34-/m0/s1. The van der Waals surface area contributed by atoms with Crippen molar-refractivity contribution in [3.8, 4) is 0 Å². The normalized spacial score (nSPS) is 12.3. The Morgan fingerprint density at radius 1 is 0.809 bits per heavy atom. The molecule has 0 saturated heterocycles. The van der Waals surface area contributed by atoms with Crippen molar-refractivity contribution in [2.24, 2.45) is 0 Å². The second-order valence-electron chi connectivity index (χ2n) is 12.8. The lowest BCUT2D eigenvalue weighted by Gasteiger charge is -2.35. The van der Waals surface area contributed by atoms with E-state index < -0.39 is 40.0 Å². The molecular weight excluding hydrogens is 653 g/mol. The van der Waals surface area contributed by atoms with Gasteiger partial charge < -0.3 is 10.2 Å². The summed E-state index contributed by atoms with van der Waals surface area (Å²) >= 11 is 13.2. The van der Waals surface area contributed by atoms with Gasteiger partial charge in [0.2, 0.25) is 11.8 Å². The van der Waals surface area contributed by atoms with E-state index in [1.807, 2.05) is 77.9 Å². The Hall–Kier alpha value is -3.85. The number of nitrogens with one attached hydrogen (secondary N) is 1. The Morgan fingerprint density at radius 3 is 2.00 bits per heavy atom. The smallest absolute Gasteiger partial charge is 0.264 e. The fraction of sp³-hybridized carbons (Fsp3) is 0.297. The van der Waals surface area contributed by atoms with Gasteiger partial charge in [0.25, 0.3) is 10.0 Å². The monoisotopic (exact) mass is 693 g/mol. The second kappa shape index (κ2) is 14.9. The molecule has 4 aromatic rings. The molecule has 0 aliphatic carbocycles. The molecule has 0 aromatic heterocycles. The molecule has 4 aromatic carbocycles. The van der Waals surface area contributed by atoms with Gasteiger partial charge in [0.1, 0.15) is 12.6 Å². The van der Waals surface area contributed by atoms with E-state index in [4.69, 9.17) is 23.2 Å². The predicted octanol–water partition coefficient (Wildman–Crippen LogP) is 7.67. The molecule has 0 fully saturated rings. The first-order valence-corrected chi connectivity index (χ1v) is 17.5. The largest absolute Gasteiger partial charge is 0.350 e. The zero-order valence-electron chi connectivity index (χ0n) is 27.6. The molecular formula is C37H41Cl2N3O4S. The Morgan fingerprint density at radius 2 is 1.43 bits per heavy atom. The van der Waals surface area contributed by atoms with Crippen LogP contribution in [0, 0.1) is 20.8 Å². The first kappa shape index (κ1) is 36.0. The zero-order chi connectivity index (χ0) is 34.5. The number of rotatable bonds is 11. The van der Waals surface area contributed by atoms with Crippen LogP contribution >= 0.6 is 23.2 Å². The van der Waals surface area contributed by atoms with Crippen LogP contribution in [0.4, 0.5) is 5.69 Å². The fourth-order valence-corrected chi connectivity index (χ4v) is 7.03. The van der Waals surface area contributed by atoms with Crippen molar-refractivity contribution in [3.63, 3.8) is 0 Å². The first-order chi connectivity index (χ1) is 22.1. The van der Waals surface area contributed by atoms with Crippen LogP contribution in [0.15, 0.2) is 95.9 Å². The molecule has 47 heavy (non-hydrogen) atoms. The molecule has 4 rings (SSSR count). The highest BCUT2D eigenvalue weighted by molar-refractivity contribution is 7.92. The van der Waals surface area contributed by atoms with Gasteiger partial charge in [-0.15, -0.1) is 0 Å². The summed E-state index contributed by atoms with van der Waals surface area (Å²) in [6, 6.07) is 25.1. The Labute approximate surface area is 288 Å². The molecule has 7 nitrogen and oxygen atoms in total. The van der Waals surface area contributed by atoms with Crippen molar-refractivity contribution in [1.82, 2.24) is 10.2 Å². The van der Waals surface area contributed by atoms with Gasteiger partial charge in [0.15, 0.2) is 0 Å². The summed E-state index contributed by atoms with van der Waals surface area (Å²) in [5, 5.41) is 3.66. The van der Waals surface area contributed by atoms with Crippen molar-refractivity contribution in [2.75, 3.05) is 10.8 Å². The SMILES string of the molecule is Cc1ccc(S(=O)(=O)N(CC(=O)N(Cc2c(Cl)cccc2Cl)[C@@H](Cc2ccccc2)C(=O)NC(C)(C)C)c2ccc(C)c(C)c2)cc1. The van der Waals surface area contributed by atoms with E-state index >= 15 is 0 Å². The van der Waals surface area contributed by atoms with E-state index in [-0.39, 0.29) is 17.9 Å². The third-order valence-corrected chi connectivity index (χ3v) is 10.3. The molecule has 0 unspecified atom stereocenters. The summed E-state index contributed by atoms with van der Waals surface area (Å²) < 4.78 is 29.7. The zero-order valence-corrected chi connectivity index (χ0v) is 29.9. The highest BCUT2D eigenvalue weighted by Gasteiger charge is 2.36. The summed E-state index contributed by atoms with van der Waals surface area (Å²) in [5.41, 5.74) is 3.73. The average molecular weight is 695 g/mol. The fourth-order valence-electron chi connectivity index (χ4n) is 5.11. The quantitative estimate of drug-likeness (QED) is 0.175. The Balaban J connectivity index is 1.87. The van der Waals surface area contributed by atoms with Gasteiger partial charge in [0.05, 0.1) is 10.6 Å². The van der Waals surface area contributed by atoms with Crippen LogP contribution in [-0.4, -0.2) is 43.3 Å². The number of halogens is 2. The molecule has 0 bridgehead atoms. The molecule has 10 heteroatoms.